The summed E-state index contributed by atoms with van der Waals surface area (Å²) in [5, 5.41) is 8.25. The molecule has 0 radical (unpaired) electrons. The van der Waals surface area contributed by atoms with Crippen LogP contribution in [0.5, 0.6) is 11.5 Å². The lowest BCUT2D eigenvalue weighted by molar-refractivity contribution is 0.102. The van der Waals surface area contributed by atoms with Crippen molar-refractivity contribution in [2.75, 3.05) is 18.5 Å². The van der Waals surface area contributed by atoms with Gasteiger partial charge < -0.3 is 14.8 Å². The van der Waals surface area contributed by atoms with Gasteiger partial charge >= 0.3 is 0 Å². The van der Waals surface area contributed by atoms with E-state index >= 15 is 0 Å². The first kappa shape index (κ1) is 21.7. The lowest BCUT2D eigenvalue weighted by atomic mass is 10.1. The first-order valence-electron chi connectivity index (χ1n) is 9.92. The van der Waals surface area contributed by atoms with E-state index in [0.717, 1.165) is 17.0 Å². The molecule has 6 nitrogen and oxygen atoms in total. The van der Waals surface area contributed by atoms with Crippen LogP contribution >= 0.6 is 11.6 Å². The maximum Gasteiger partial charge on any atom is 0.255 e. The number of hydrogen-bond donors (Lipinski definition) is 1. The maximum atomic E-state index is 12.9. The first-order chi connectivity index (χ1) is 14.4. The van der Waals surface area contributed by atoms with Crippen LogP contribution in [0.25, 0.3) is 0 Å². The molecular weight excluding hydrogens is 402 g/mol. The number of ether oxygens (including phenoxy) is 2. The molecule has 0 unspecified atom stereocenters. The van der Waals surface area contributed by atoms with Gasteiger partial charge in [-0.3, -0.25) is 9.48 Å². The fourth-order valence-electron chi connectivity index (χ4n) is 3.22. The molecule has 0 saturated carbocycles. The van der Waals surface area contributed by atoms with Crippen LogP contribution in [-0.4, -0.2) is 28.9 Å². The molecule has 0 spiro atoms. The Bertz CT molecular complexity index is 1050. The van der Waals surface area contributed by atoms with E-state index in [4.69, 9.17) is 21.1 Å². The van der Waals surface area contributed by atoms with Gasteiger partial charge in [-0.15, -0.1) is 0 Å². The highest BCUT2D eigenvalue weighted by molar-refractivity contribution is 6.30. The number of rotatable bonds is 8. The van der Waals surface area contributed by atoms with Gasteiger partial charge in [0.25, 0.3) is 5.91 Å². The standard InChI is InChI=1S/C23H26ClN3O3/c1-5-29-20-11-10-18(13-21(20)30-6-2)23(28)25-22-15(3)26-27(16(22)4)14-17-8-7-9-19(24)12-17/h7-13H,5-6,14H2,1-4H3,(H,25,28). The average molecular weight is 428 g/mol. The van der Waals surface area contributed by atoms with Crippen molar-refractivity contribution in [1.82, 2.24) is 9.78 Å². The van der Waals surface area contributed by atoms with Gasteiger partial charge in [-0.05, 0) is 63.6 Å². The van der Waals surface area contributed by atoms with Crippen LogP contribution in [0.1, 0.15) is 41.2 Å². The number of carbonyl (C=O) groups excluding carboxylic acids is 1. The van der Waals surface area contributed by atoms with Crippen LogP contribution in [-0.2, 0) is 6.54 Å². The number of aryl methyl sites for hydroxylation is 1. The van der Waals surface area contributed by atoms with Crippen LogP contribution in [0.15, 0.2) is 42.5 Å². The molecule has 1 N–H and O–H groups in total. The third kappa shape index (κ3) is 4.94. The summed E-state index contributed by atoms with van der Waals surface area (Å²) in [4.78, 5) is 12.9. The Morgan fingerprint density at radius 2 is 1.80 bits per heavy atom. The average Bonchev–Trinajstić information content (AvgIpc) is 2.97. The highest BCUT2D eigenvalue weighted by atomic mass is 35.5. The predicted molar refractivity (Wildman–Crippen MR) is 119 cm³/mol. The Morgan fingerprint density at radius 3 is 2.50 bits per heavy atom. The number of hydrogen-bond acceptors (Lipinski definition) is 4. The van der Waals surface area contributed by atoms with Crippen molar-refractivity contribution in [3.63, 3.8) is 0 Å². The fourth-order valence-corrected chi connectivity index (χ4v) is 3.43. The van der Waals surface area contributed by atoms with Gasteiger partial charge in [0.05, 0.1) is 36.8 Å². The molecule has 2 aromatic carbocycles. The van der Waals surface area contributed by atoms with Gasteiger partial charge in [0.1, 0.15) is 0 Å². The molecule has 30 heavy (non-hydrogen) atoms. The Labute approximate surface area is 181 Å². The summed E-state index contributed by atoms with van der Waals surface area (Å²) < 4.78 is 13.1. The number of anilines is 1. The zero-order valence-corrected chi connectivity index (χ0v) is 18.4. The van der Waals surface area contributed by atoms with Gasteiger partial charge in [0.2, 0.25) is 0 Å². The monoisotopic (exact) mass is 427 g/mol. The minimum absolute atomic E-state index is 0.229. The molecule has 3 aromatic rings. The molecule has 0 fully saturated rings. The SMILES string of the molecule is CCOc1ccc(C(=O)Nc2c(C)nn(Cc3cccc(Cl)c3)c2C)cc1OCC. The van der Waals surface area contributed by atoms with Gasteiger partial charge in [-0.2, -0.15) is 5.10 Å². The summed E-state index contributed by atoms with van der Waals surface area (Å²) in [6.45, 7) is 9.19. The van der Waals surface area contributed by atoms with Crippen LogP contribution in [0, 0.1) is 13.8 Å². The number of carbonyl (C=O) groups is 1. The topological polar surface area (TPSA) is 65.4 Å². The van der Waals surface area contributed by atoms with E-state index in [-0.39, 0.29) is 5.91 Å². The van der Waals surface area contributed by atoms with E-state index < -0.39 is 0 Å². The molecule has 0 aliphatic carbocycles. The van der Waals surface area contributed by atoms with Crippen molar-refractivity contribution >= 4 is 23.2 Å². The molecule has 0 aliphatic heterocycles. The predicted octanol–water partition coefficient (Wildman–Crippen LogP) is 5.25. The minimum atomic E-state index is -0.229. The van der Waals surface area contributed by atoms with Crippen molar-refractivity contribution in [3.8, 4) is 11.5 Å². The van der Waals surface area contributed by atoms with Gasteiger partial charge in [0.15, 0.2) is 11.5 Å². The Balaban J connectivity index is 1.81. The largest absolute Gasteiger partial charge is 0.490 e. The molecule has 0 saturated heterocycles. The second-order valence-corrected chi connectivity index (χ2v) is 7.25. The van der Waals surface area contributed by atoms with Crippen molar-refractivity contribution in [3.05, 3.63) is 70.0 Å². The van der Waals surface area contributed by atoms with Gasteiger partial charge in [0, 0.05) is 10.6 Å². The van der Waals surface area contributed by atoms with Crippen LogP contribution in [0.2, 0.25) is 5.02 Å². The lowest BCUT2D eigenvalue weighted by Gasteiger charge is -2.13. The zero-order valence-electron chi connectivity index (χ0n) is 17.7. The summed E-state index contributed by atoms with van der Waals surface area (Å²) in [6, 6.07) is 12.8. The first-order valence-corrected chi connectivity index (χ1v) is 10.3. The highest BCUT2D eigenvalue weighted by Crippen LogP contribution is 2.29. The molecule has 1 amide bonds. The summed E-state index contributed by atoms with van der Waals surface area (Å²) in [6.07, 6.45) is 0. The summed E-state index contributed by atoms with van der Waals surface area (Å²) in [5.74, 6) is 0.946. The number of amides is 1. The van der Waals surface area contributed by atoms with E-state index in [1.54, 1.807) is 18.2 Å². The Hall–Kier alpha value is -2.99. The van der Waals surface area contributed by atoms with Crippen LogP contribution in [0.3, 0.4) is 0 Å². The number of benzene rings is 2. The van der Waals surface area contributed by atoms with E-state index in [9.17, 15) is 4.79 Å². The normalized spacial score (nSPS) is 10.7. The quantitative estimate of drug-likeness (QED) is 0.533. The second kappa shape index (κ2) is 9.67. The van der Waals surface area contributed by atoms with E-state index in [1.165, 1.54) is 0 Å². The minimum Gasteiger partial charge on any atom is -0.490 e. The molecular formula is C23H26ClN3O3. The maximum absolute atomic E-state index is 12.9. The molecule has 7 heteroatoms. The van der Waals surface area contributed by atoms with Crippen molar-refractivity contribution < 1.29 is 14.3 Å². The zero-order chi connectivity index (χ0) is 21.7. The molecule has 158 valence electrons. The summed E-state index contributed by atoms with van der Waals surface area (Å²) >= 11 is 6.08. The number of halogens is 1. The summed E-state index contributed by atoms with van der Waals surface area (Å²) in [7, 11) is 0. The van der Waals surface area contributed by atoms with Crippen LogP contribution in [0.4, 0.5) is 5.69 Å². The van der Waals surface area contributed by atoms with Gasteiger partial charge in [-0.1, -0.05) is 23.7 Å². The highest BCUT2D eigenvalue weighted by Gasteiger charge is 2.17. The third-order valence-electron chi connectivity index (χ3n) is 4.65. The molecule has 0 aliphatic rings. The Kier molecular flexibility index (Phi) is 7.00. The summed E-state index contributed by atoms with van der Waals surface area (Å²) in [5.41, 5.74) is 3.85. The molecule has 1 heterocycles. The van der Waals surface area contributed by atoms with E-state index in [2.05, 4.69) is 10.4 Å². The molecule has 0 bridgehead atoms. The number of aromatic nitrogens is 2. The molecule has 3 rings (SSSR count). The van der Waals surface area contributed by atoms with Crippen LogP contribution < -0.4 is 14.8 Å². The number of nitrogens with zero attached hydrogens (tertiary/aromatic N) is 2. The van der Waals surface area contributed by atoms with Crippen molar-refractivity contribution in [2.45, 2.75) is 34.2 Å². The Morgan fingerprint density at radius 1 is 1.07 bits per heavy atom. The fraction of sp³-hybridized carbons (Fsp3) is 0.304. The van der Waals surface area contributed by atoms with Gasteiger partial charge in [-0.25, -0.2) is 0 Å². The van der Waals surface area contributed by atoms with Crippen molar-refractivity contribution in [2.24, 2.45) is 0 Å². The smallest absolute Gasteiger partial charge is 0.255 e. The third-order valence-corrected chi connectivity index (χ3v) is 4.88. The number of nitrogens with one attached hydrogen (secondary N) is 1. The molecule has 1 aromatic heterocycles. The molecule has 0 atom stereocenters. The van der Waals surface area contributed by atoms with E-state index in [0.29, 0.717) is 47.5 Å². The van der Waals surface area contributed by atoms with Crippen molar-refractivity contribution in [1.29, 1.82) is 0 Å². The second-order valence-electron chi connectivity index (χ2n) is 6.82. The lowest BCUT2D eigenvalue weighted by Crippen LogP contribution is -2.14. The van der Waals surface area contributed by atoms with E-state index in [1.807, 2.05) is 56.6 Å².